The third kappa shape index (κ3) is 2.95. The van der Waals surface area contributed by atoms with Gasteiger partial charge in [0, 0.05) is 21.1 Å². The molecule has 0 radical (unpaired) electrons. The first kappa shape index (κ1) is 18.9. The molecule has 2 heterocycles. The molecule has 0 bridgehead atoms. The summed E-state index contributed by atoms with van der Waals surface area (Å²) in [5, 5.41) is -0.266. The number of nitrogens with zero attached hydrogens (tertiary/aromatic N) is 4. The van der Waals surface area contributed by atoms with Gasteiger partial charge in [-0.25, -0.2) is 13.2 Å². The van der Waals surface area contributed by atoms with Gasteiger partial charge in [-0.05, 0) is 30.2 Å². The van der Waals surface area contributed by atoms with Crippen LogP contribution in [0.2, 0.25) is 0 Å². The number of ether oxygens (including phenoxy) is 1. The van der Waals surface area contributed by atoms with E-state index in [1.165, 1.54) is 32.8 Å². The van der Waals surface area contributed by atoms with Crippen molar-refractivity contribution < 1.29 is 13.2 Å². The van der Waals surface area contributed by atoms with E-state index >= 15 is 0 Å². The van der Waals surface area contributed by atoms with Crippen LogP contribution in [0, 0.1) is 6.92 Å². The van der Waals surface area contributed by atoms with E-state index in [4.69, 9.17) is 4.74 Å². The Morgan fingerprint density at radius 1 is 1.07 bits per heavy atom. The molecular weight excluding hydrogens is 372 g/mol. The van der Waals surface area contributed by atoms with Crippen LogP contribution in [0.1, 0.15) is 11.1 Å². The lowest BCUT2D eigenvalue weighted by Gasteiger charge is -2.09. The highest BCUT2D eigenvalue weighted by Crippen LogP contribution is 2.23. The largest absolute Gasteiger partial charge is 0.497 e. The van der Waals surface area contributed by atoms with Gasteiger partial charge in [-0.2, -0.15) is 4.98 Å². The number of hydrogen-bond donors (Lipinski definition) is 0. The third-order valence-corrected chi connectivity index (χ3v) is 6.23. The zero-order valence-electron chi connectivity index (χ0n) is 15.7. The number of aryl methyl sites for hydroxylation is 3. The number of sulfone groups is 1. The van der Waals surface area contributed by atoms with Crippen LogP contribution in [0.4, 0.5) is 0 Å². The molecular formula is C17H20N4O5S. The molecule has 1 aromatic carbocycles. The van der Waals surface area contributed by atoms with Crippen LogP contribution in [0.5, 0.6) is 5.75 Å². The van der Waals surface area contributed by atoms with Crippen LogP contribution < -0.4 is 16.0 Å². The van der Waals surface area contributed by atoms with Gasteiger partial charge in [0.2, 0.25) is 15.0 Å². The predicted octanol–water partition coefficient (Wildman–Crippen LogP) is 0.262. The fourth-order valence-electron chi connectivity index (χ4n) is 2.98. The lowest BCUT2D eigenvalue weighted by Crippen LogP contribution is -2.37. The molecule has 0 spiro atoms. The zero-order valence-corrected chi connectivity index (χ0v) is 16.5. The van der Waals surface area contributed by atoms with Crippen LogP contribution in [0.25, 0.3) is 11.2 Å². The Hall–Kier alpha value is -2.88. The highest BCUT2D eigenvalue weighted by atomic mass is 32.2. The number of methoxy groups -OCH3 is 1. The average molecular weight is 392 g/mol. The molecule has 0 fully saturated rings. The molecule has 0 amide bonds. The number of rotatable bonds is 4. The Balaban J connectivity index is 2.22. The minimum atomic E-state index is -3.88. The quantitative estimate of drug-likeness (QED) is 0.631. The standard InChI is InChI=1S/C17H20N4O5S/c1-10-6-7-12(26-5)8-11(10)9-27(24,25)16-18-14-13(19(16)2)15(22)21(4)17(23)20(14)3/h6-8H,9H2,1-5H3. The molecule has 144 valence electrons. The molecule has 0 N–H and O–H groups in total. The maximum absolute atomic E-state index is 13.0. The fourth-order valence-corrected chi connectivity index (χ4v) is 4.56. The average Bonchev–Trinajstić information content (AvgIpc) is 2.98. The predicted molar refractivity (Wildman–Crippen MR) is 99.8 cm³/mol. The van der Waals surface area contributed by atoms with Crippen molar-refractivity contribution in [2.75, 3.05) is 7.11 Å². The number of benzene rings is 1. The Kier molecular flexibility index (Phi) is 4.46. The van der Waals surface area contributed by atoms with Gasteiger partial charge in [0.1, 0.15) is 5.75 Å². The van der Waals surface area contributed by atoms with E-state index in [0.717, 1.165) is 14.7 Å². The van der Waals surface area contributed by atoms with Crippen LogP contribution in [0.15, 0.2) is 32.9 Å². The number of aromatic nitrogens is 4. The van der Waals surface area contributed by atoms with E-state index in [-0.39, 0.29) is 22.1 Å². The molecule has 9 nitrogen and oxygen atoms in total. The van der Waals surface area contributed by atoms with E-state index in [1.807, 2.05) is 0 Å². The van der Waals surface area contributed by atoms with E-state index < -0.39 is 21.1 Å². The lowest BCUT2D eigenvalue weighted by atomic mass is 10.1. The second-order valence-electron chi connectivity index (χ2n) is 6.38. The Labute approximate surface area is 155 Å². The molecule has 0 aliphatic heterocycles. The molecule has 0 atom stereocenters. The monoisotopic (exact) mass is 392 g/mol. The van der Waals surface area contributed by atoms with E-state index in [9.17, 15) is 18.0 Å². The van der Waals surface area contributed by atoms with Gasteiger partial charge >= 0.3 is 5.69 Å². The summed E-state index contributed by atoms with van der Waals surface area (Å²) < 4.78 is 34.5. The first-order valence-corrected chi connectivity index (χ1v) is 9.72. The molecule has 0 aliphatic rings. The first-order chi connectivity index (χ1) is 12.6. The summed E-state index contributed by atoms with van der Waals surface area (Å²) in [6.07, 6.45) is 0. The number of imidazole rings is 1. The van der Waals surface area contributed by atoms with Crippen molar-refractivity contribution in [1.82, 2.24) is 18.7 Å². The molecule has 2 aromatic heterocycles. The molecule has 0 saturated carbocycles. The van der Waals surface area contributed by atoms with Crippen molar-refractivity contribution in [2.45, 2.75) is 17.8 Å². The van der Waals surface area contributed by atoms with Crippen molar-refractivity contribution in [2.24, 2.45) is 21.1 Å². The summed E-state index contributed by atoms with van der Waals surface area (Å²) in [4.78, 5) is 28.6. The van der Waals surface area contributed by atoms with Gasteiger partial charge in [0.05, 0.1) is 12.9 Å². The summed E-state index contributed by atoms with van der Waals surface area (Å²) in [5.41, 5.74) is 0.289. The van der Waals surface area contributed by atoms with Crippen LogP contribution in [-0.4, -0.2) is 34.2 Å². The highest BCUT2D eigenvalue weighted by Gasteiger charge is 2.26. The molecule has 0 unspecified atom stereocenters. The summed E-state index contributed by atoms with van der Waals surface area (Å²) in [5.74, 6) is 0.244. The third-order valence-electron chi connectivity index (χ3n) is 4.61. The van der Waals surface area contributed by atoms with E-state index in [0.29, 0.717) is 11.3 Å². The smallest absolute Gasteiger partial charge is 0.332 e. The van der Waals surface area contributed by atoms with Crippen molar-refractivity contribution in [3.63, 3.8) is 0 Å². The van der Waals surface area contributed by atoms with Crippen LogP contribution >= 0.6 is 0 Å². The summed E-state index contributed by atoms with van der Waals surface area (Å²) in [6.45, 7) is 1.80. The van der Waals surface area contributed by atoms with Gasteiger partial charge in [-0.3, -0.25) is 13.9 Å². The van der Waals surface area contributed by atoms with Gasteiger partial charge in [-0.1, -0.05) is 6.07 Å². The molecule has 10 heteroatoms. The maximum atomic E-state index is 13.0. The van der Waals surface area contributed by atoms with Gasteiger partial charge in [0.15, 0.2) is 11.2 Å². The van der Waals surface area contributed by atoms with Gasteiger partial charge in [-0.15, -0.1) is 0 Å². The normalized spacial score (nSPS) is 11.9. The number of hydrogen-bond acceptors (Lipinski definition) is 6. The Morgan fingerprint density at radius 3 is 2.37 bits per heavy atom. The zero-order chi connectivity index (χ0) is 20.1. The SMILES string of the molecule is COc1ccc(C)c(CS(=O)(=O)c2nc3c(c(=O)n(C)c(=O)n3C)n2C)c1. The molecule has 0 saturated heterocycles. The maximum Gasteiger partial charge on any atom is 0.332 e. The van der Waals surface area contributed by atoms with Crippen molar-refractivity contribution in [3.05, 3.63) is 50.2 Å². The Morgan fingerprint density at radius 2 is 1.74 bits per heavy atom. The van der Waals surface area contributed by atoms with Crippen molar-refractivity contribution >= 4 is 21.0 Å². The van der Waals surface area contributed by atoms with Crippen molar-refractivity contribution in [3.8, 4) is 5.75 Å². The van der Waals surface area contributed by atoms with Gasteiger partial charge < -0.3 is 9.30 Å². The topological polar surface area (TPSA) is 105 Å². The highest BCUT2D eigenvalue weighted by molar-refractivity contribution is 7.90. The second-order valence-corrected chi connectivity index (χ2v) is 8.27. The van der Waals surface area contributed by atoms with Gasteiger partial charge in [0.25, 0.3) is 5.56 Å². The minimum Gasteiger partial charge on any atom is -0.497 e. The Bertz CT molecular complexity index is 1280. The molecule has 3 aromatic rings. The van der Waals surface area contributed by atoms with E-state index in [2.05, 4.69) is 4.98 Å². The summed E-state index contributed by atoms with van der Waals surface area (Å²) in [6, 6.07) is 5.18. The van der Waals surface area contributed by atoms with Crippen LogP contribution in [0.3, 0.4) is 0 Å². The van der Waals surface area contributed by atoms with Crippen LogP contribution in [-0.2, 0) is 36.7 Å². The molecule has 0 aliphatic carbocycles. The summed E-state index contributed by atoms with van der Waals surface area (Å²) >= 11 is 0. The number of fused-ring (bicyclic) bond motifs is 1. The molecule has 3 rings (SSSR count). The van der Waals surface area contributed by atoms with Crippen molar-refractivity contribution in [1.29, 1.82) is 0 Å². The first-order valence-electron chi connectivity index (χ1n) is 8.07. The lowest BCUT2D eigenvalue weighted by molar-refractivity contribution is 0.414. The second kappa shape index (κ2) is 6.38. The van der Waals surface area contributed by atoms with E-state index in [1.54, 1.807) is 25.1 Å². The summed E-state index contributed by atoms with van der Waals surface area (Å²) in [7, 11) is 1.86. The minimum absolute atomic E-state index is 0.0338. The fraction of sp³-hybridized carbons (Fsp3) is 0.353. The molecule has 27 heavy (non-hydrogen) atoms.